The van der Waals surface area contributed by atoms with Gasteiger partial charge < -0.3 is 24.2 Å². The fraction of sp³-hybridized carbons (Fsp3) is 0.478. The number of aliphatic hydroxyl groups excluding tert-OH is 2. The predicted octanol–water partition coefficient (Wildman–Crippen LogP) is 2.97. The summed E-state index contributed by atoms with van der Waals surface area (Å²) < 4.78 is 12.0. The maximum atomic E-state index is 10.8. The molecular weight excluding hydrogens is 354 g/mol. The van der Waals surface area contributed by atoms with E-state index in [-0.39, 0.29) is 19.4 Å². The zero-order valence-corrected chi connectivity index (χ0v) is 16.7. The fourth-order valence-electron chi connectivity index (χ4n) is 4.63. The van der Waals surface area contributed by atoms with E-state index in [0.29, 0.717) is 12.2 Å². The van der Waals surface area contributed by atoms with Crippen molar-refractivity contribution < 1.29 is 24.2 Å². The molecule has 2 aliphatic heterocycles. The molecule has 150 valence electrons. The number of aliphatic hydroxyl groups is 2. The molecule has 2 unspecified atom stereocenters. The molecule has 0 amide bonds. The smallest absolute Gasteiger partial charge is 0.231 e. The number of aryl methyl sites for hydroxylation is 1. The number of nitrogens with zero attached hydrogens (tertiary/aromatic N) is 1. The van der Waals surface area contributed by atoms with E-state index in [4.69, 9.17) is 9.47 Å². The Morgan fingerprint density at radius 3 is 2.71 bits per heavy atom. The molecule has 2 N–H and O–H groups in total. The van der Waals surface area contributed by atoms with Gasteiger partial charge in [0, 0.05) is 24.0 Å². The molecule has 2 aromatic rings. The molecule has 28 heavy (non-hydrogen) atoms. The van der Waals surface area contributed by atoms with Crippen molar-refractivity contribution in [3.8, 4) is 11.5 Å². The number of benzene rings is 2. The van der Waals surface area contributed by atoms with Crippen LogP contribution in [0.25, 0.3) is 0 Å². The Balaban J connectivity index is 1.59. The van der Waals surface area contributed by atoms with Gasteiger partial charge in [-0.3, -0.25) is 0 Å². The second kappa shape index (κ2) is 7.74. The zero-order valence-electron chi connectivity index (χ0n) is 16.7. The minimum atomic E-state index is -0.398. The molecule has 4 rings (SSSR count). The lowest BCUT2D eigenvalue weighted by molar-refractivity contribution is -0.924. The van der Waals surface area contributed by atoms with E-state index >= 15 is 0 Å². The summed E-state index contributed by atoms with van der Waals surface area (Å²) in [5.74, 6) is 1.41. The van der Waals surface area contributed by atoms with Crippen molar-refractivity contribution in [1.29, 1.82) is 0 Å². The Bertz CT molecular complexity index is 834. The molecule has 0 aromatic heterocycles. The second-order valence-electron chi connectivity index (χ2n) is 8.50. The molecule has 0 saturated carbocycles. The lowest BCUT2D eigenvalue weighted by atomic mass is 9.83. The van der Waals surface area contributed by atoms with Gasteiger partial charge in [-0.25, -0.2) is 0 Å². The summed E-state index contributed by atoms with van der Waals surface area (Å²) in [6, 6.07) is 12.5. The van der Waals surface area contributed by atoms with Crippen molar-refractivity contribution in [2.45, 2.75) is 44.4 Å². The Kier molecular flexibility index (Phi) is 5.32. The van der Waals surface area contributed by atoms with Crippen molar-refractivity contribution in [1.82, 2.24) is 0 Å². The van der Waals surface area contributed by atoms with Crippen LogP contribution < -0.4 is 9.47 Å². The van der Waals surface area contributed by atoms with Gasteiger partial charge in [0.2, 0.25) is 6.79 Å². The maximum absolute atomic E-state index is 10.8. The van der Waals surface area contributed by atoms with Crippen LogP contribution in [0.15, 0.2) is 36.4 Å². The summed E-state index contributed by atoms with van der Waals surface area (Å²) in [5, 5.41) is 21.0. The Morgan fingerprint density at radius 2 is 1.96 bits per heavy atom. The van der Waals surface area contributed by atoms with Crippen molar-refractivity contribution in [2.75, 3.05) is 27.4 Å². The molecular formula is C23H30NO4+. The van der Waals surface area contributed by atoms with Gasteiger partial charge in [-0.05, 0) is 30.0 Å². The summed E-state index contributed by atoms with van der Waals surface area (Å²) in [5.41, 5.74) is 4.43. The number of quaternary nitrogens is 1. The molecule has 2 atom stereocenters. The first-order chi connectivity index (χ1) is 13.5. The van der Waals surface area contributed by atoms with Crippen molar-refractivity contribution in [3.63, 3.8) is 0 Å². The first kappa shape index (κ1) is 19.2. The van der Waals surface area contributed by atoms with Gasteiger partial charge in [0.1, 0.15) is 6.04 Å². The van der Waals surface area contributed by atoms with Crippen LogP contribution in [0.2, 0.25) is 0 Å². The van der Waals surface area contributed by atoms with Crippen molar-refractivity contribution in [3.05, 3.63) is 58.7 Å². The average molecular weight is 384 g/mol. The molecule has 5 nitrogen and oxygen atoms in total. The number of hydrogen-bond acceptors (Lipinski definition) is 4. The monoisotopic (exact) mass is 384 g/mol. The lowest BCUT2D eigenvalue weighted by Gasteiger charge is -2.44. The molecule has 0 fully saturated rings. The number of rotatable bonds is 6. The highest BCUT2D eigenvalue weighted by Crippen LogP contribution is 2.47. The molecule has 0 aliphatic carbocycles. The van der Waals surface area contributed by atoms with E-state index in [0.717, 1.165) is 47.2 Å². The average Bonchev–Trinajstić information content (AvgIpc) is 3.16. The molecule has 0 bridgehead atoms. The van der Waals surface area contributed by atoms with Gasteiger partial charge in [0.25, 0.3) is 0 Å². The third-order valence-electron chi connectivity index (χ3n) is 6.29. The Labute approximate surface area is 166 Å². The van der Waals surface area contributed by atoms with Crippen molar-refractivity contribution in [2.24, 2.45) is 0 Å². The lowest BCUT2D eigenvalue weighted by Crippen LogP contribution is -2.49. The van der Waals surface area contributed by atoms with Crippen LogP contribution >= 0.6 is 0 Å². The van der Waals surface area contributed by atoms with E-state index in [1.807, 2.05) is 18.2 Å². The molecule has 0 spiro atoms. The number of ether oxygens (including phenoxy) is 2. The van der Waals surface area contributed by atoms with Gasteiger partial charge in [-0.1, -0.05) is 30.3 Å². The van der Waals surface area contributed by atoms with E-state index in [1.54, 1.807) is 0 Å². The fourth-order valence-corrected chi connectivity index (χ4v) is 4.63. The molecule has 0 radical (unpaired) electrons. The normalized spacial score (nSPS) is 20.6. The van der Waals surface area contributed by atoms with E-state index in [9.17, 15) is 10.2 Å². The van der Waals surface area contributed by atoms with E-state index < -0.39 is 6.10 Å². The van der Waals surface area contributed by atoms with Crippen LogP contribution in [0.4, 0.5) is 0 Å². The third kappa shape index (κ3) is 3.62. The first-order valence-electron chi connectivity index (χ1n) is 10.1. The second-order valence-corrected chi connectivity index (χ2v) is 8.50. The molecule has 2 aromatic carbocycles. The minimum absolute atomic E-state index is 0.0779. The molecule has 2 aliphatic rings. The minimum Gasteiger partial charge on any atom is -0.454 e. The highest BCUT2D eigenvalue weighted by atomic mass is 16.7. The van der Waals surface area contributed by atoms with Crippen molar-refractivity contribution >= 4 is 0 Å². The summed E-state index contributed by atoms with van der Waals surface area (Å²) >= 11 is 0. The van der Waals surface area contributed by atoms with Crippen LogP contribution in [0.5, 0.6) is 11.5 Å². The zero-order chi connectivity index (χ0) is 19.7. The predicted molar refractivity (Wildman–Crippen MR) is 107 cm³/mol. The highest BCUT2D eigenvalue weighted by molar-refractivity contribution is 5.56. The summed E-state index contributed by atoms with van der Waals surface area (Å²) in [7, 11) is 4.42. The molecule has 2 heterocycles. The van der Waals surface area contributed by atoms with Crippen LogP contribution in [0.3, 0.4) is 0 Å². The largest absolute Gasteiger partial charge is 0.454 e. The first-order valence-corrected chi connectivity index (χ1v) is 10.1. The quantitative estimate of drug-likeness (QED) is 0.752. The number of hydrogen-bond donors (Lipinski definition) is 2. The van der Waals surface area contributed by atoms with Gasteiger partial charge in [-0.15, -0.1) is 0 Å². The van der Waals surface area contributed by atoms with Gasteiger partial charge in [-0.2, -0.15) is 0 Å². The Hall–Kier alpha value is -2.08. The van der Waals surface area contributed by atoms with Crippen LogP contribution in [-0.4, -0.2) is 48.2 Å². The Morgan fingerprint density at radius 1 is 1.18 bits per heavy atom. The molecule has 0 saturated heterocycles. The van der Waals surface area contributed by atoms with E-state index in [2.05, 4.69) is 32.3 Å². The standard InChI is InChI=1S/C23H30NO4/c1-24(2)11-10-17-12-21-23(28-15-27-21)19(14-25)22(17)20(24)13-18(26)9-8-16-6-4-3-5-7-16/h3-7,12,18,20,25-26H,8-11,13-15H2,1-2H3/q+1. The van der Waals surface area contributed by atoms with Gasteiger partial charge in [0.15, 0.2) is 11.5 Å². The van der Waals surface area contributed by atoms with Crippen LogP contribution in [0.1, 0.15) is 41.1 Å². The van der Waals surface area contributed by atoms with Gasteiger partial charge in [0.05, 0.1) is 33.4 Å². The summed E-state index contributed by atoms with van der Waals surface area (Å²) in [6.07, 6.45) is 2.80. The van der Waals surface area contributed by atoms with Crippen LogP contribution in [0, 0.1) is 0 Å². The third-order valence-corrected chi connectivity index (χ3v) is 6.29. The molecule has 5 heteroatoms. The number of fused-ring (bicyclic) bond motifs is 2. The summed E-state index contributed by atoms with van der Waals surface area (Å²) in [4.78, 5) is 0. The van der Waals surface area contributed by atoms with Gasteiger partial charge >= 0.3 is 0 Å². The summed E-state index contributed by atoms with van der Waals surface area (Å²) in [6.45, 7) is 1.12. The highest BCUT2D eigenvalue weighted by Gasteiger charge is 2.41. The van der Waals surface area contributed by atoms with E-state index in [1.165, 1.54) is 11.1 Å². The SMILES string of the molecule is C[N+]1(C)CCc2cc3c(c(CO)c2C1CC(O)CCc1ccccc1)OCO3. The maximum Gasteiger partial charge on any atom is 0.231 e. The number of likely N-dealkylation sites (N-methyl/N-ethyl adjacent to an activating group) is 1. The topological polar surface area (TPSA) is 58.9 Å². The van der Waals surface area contributed by atoms with Crippen LogP contribution in [-0.2, 0) is 19.4 Å².